The van der Waals surface area contributed by atoms with Gasteiger partial charge in [-0.1, -0.05) is 115 Å². The fourth-order valence-electron chi connectivity index (χ4n) is 9.04. The number of aromatic nitrogens is 2. The second kappa shape index (κ2) is 12.9. The maximum absolute atomic E-state index is 6.37. The molecule has 0 amide bonds. The Bertz CT molecular complexity index is 3310. The van der Waals surface area contributed by atoms with E-state index in [2.05, 4.69) is 214 Å². The Balaban J connectivity index is 1.00. The van der Waals surface area contributed by atoms with Crippen LogP contribution < -0.4 is 9.64 Å². The van der Waals surface area contributed by atoms with Crippen LogP contribution in [0.4, 0.5) is 17.1 Å². The van der Waals surface area contributed by atoms with Crippen LogP contribution in [-0.2, 0) is 0 Å². The van der Waals surface area contributed by atoms with E-state index in [1.54, 1.807) is 0 Å². The Morgan fingerprint density at radius 3 is 1.53 bits per heavy atom. The van der Waals surface area contributed by atoms with Crippen molar-refractivity contribution in [3.05, 3.63) is 212 Å². The van der Waals surface area contributed by atoms with E-state index in [1.807, 2.05) is 12.1 Å². The van der Waals surface area contributed by atoms with Gasteiger partial charge in [-0.25, -0.2) is 0 Å². The molecule has 1 aliphatic heterocycles. The van der Waals surface area contributed by atoms with E-state index >= 15 is 0 Å². The first kappa shape index (κ1) is 32.4. The lowest BCUT2D eigenvalue weighted by molar-refractivity contribution is 0.476. The van der Waals surface area contributed by atoms with Crippen LogP contribution >= 0.6 is 0 Å². The molecule has 4 heteroatoms. The zero-order valence-electron chi connectivity index (χ0n) is 31.5. The molecular formula is C54H35N3O. The van der Waals surface area contributed by atoms with Gasteiger partial charge in [0.1, 0.15) is 0 Å². The molecule has 3 heterocycles. The standard InChI is InChI=1S/C54H35N3O/c1-4-13-36(14-5-1)38-25-30-48-46(34-38)47-35-43(55(40-15-6-2-7-16-40)41-17-8-3-9-18-41)29-32-49(47)56(48)42-27-23-37(24-28-42)39-26-31-50-45(33-39)44-19-12-22-53-54(44)57(50)51-20-10-11-21-52(51)58-53/h1-35H. The van der Waals surface area contributed by atoms with E-state index in [9.17, 15) is 0 Å². The van der Waals surface area contributed by atoms with Gasteiger partial charge >= 0.3 is 0 Å². The van der Waals surface area contributed by atoms with Crippen molar-refractivity contribution in [3.63, 3.8) is 0 Å². The molecule has 9 aromatic carbocycles. The Kier molecular flexibility index (Phi) is 7.20. The van der Waals surface area contributed by atoms with E-state index in [-0.39, 0.29) is 0 Å². The van der Waals surface area contributed by atoms with E-state index in [1.165, 1.54) is 54.8 Å². The largest absolute Gasteiger partial charge is 0.453 e. The van der Waals surface area contributed by atoms with Gasteiger partial charge in [0, 0.05) is 44.3 Å². The van der Waals surface area contributed by atoms with Crippen molar-refractivity contribution in [2.45, 2.75) is 0 Å². The molecule has 2 aromatic heterocycles. The molecule has 0 aliphatic carbocycles. The van der Waals surface area contributed by atoms with Gasteiger partial charge in [-0.2, -0.15) is 0 Å². The summed E-state index contributed by atoms with van der Waals surface area (Å²) in [5.41, 5.74) is 14.9. The molecule has 0 N–H and O–H groups in total. The minimum absolute atomic E-state index is 0.877. The fraction of sp³-hybridized carbons (Fsp3) is 0. The number of hydrogen-bond donors (Lipinski definition) is 0. The summed E-state index contributed by atoms with van der Waals surface area (Å²) in [7, 11) is 0. The lowest BCUT2D eigenvalue weighted by Gasteiger charge is -2.25. The summed E-state index contributed by atoms with van der Waals surface area (Å²) in [6, 6.07) is 76.2. The predicted molar refractivity (Wildman–Crippen MR) is 241 cm³/mol. The number of ether oxygens (including phenoxy) is 1. The number of nitrogens with zero attached hydrogens (tertiary/aromatic N) is 3. The first-order chi connectivity index (χ1) is 28.8. The van der Waals surface area contributed by atoms with Crippen molar-refractivity contribution >= 4 is 60.7 Å². The van der Waals surface area contributed by atoms with Crippen LogP contribution in [0.2, 0.25) is 0 Å². The third-order valence-electron chi connectivity index (χ3n) is 11.7. The summed E-state index contributed by atoms with van der Waals surface area (Å²) < 4.78 is 11.1. The molecule has 0 saturated heterocycles. The highest BCUT2D eigenvalue weighted by atomic mass is 16.5. The van der Waals surface area contributed by atoms with Crippen LogP contribution in [0.3, 0.4) is 0 Å². The third kappa shape index (κ3) is 5.02. The molecule has 272 valence electrons. The van der Waals surface area contributed by atoms with Crippen molar-refractivity contribution < 1.29 is 4.74 Å². The van der Waals surface area contributed by atoms with E-state index in [4.69, 9.17) is 4.74 Å². The van der Waals surface area contributed by atoms with Crippen molar-refractivity contribution in [1.29, 1.82) is 0 Å². The van der Waals surface area contributed by atoms with Crippen LogP contribution in [0.1, 0.15) is 0 Å². The van der Waals surface area contributed by atoms with Crippen molar-refractivity contribution in [2.24, 2.45) is 0 Å². The molecule has 0 radical (unpaired) electrons. The molecule has 0 bridgehead atoms. The summed E-state index contributed by atoms with van der Waals surface area (Å²) in [5, 5.41) is 4.83. The van der Waals surface area contributed by atoms with Gasteiger partial charge in [0.2, 0.25) is 0 Å². The molecule has 4 nitrogen and oxygen atoms in total. The molecule has 12 rings (SSSR count). The lowest BCUT2D eigenvalue weighted by Crippen LogP contribution is -2.09. The summed E-state index contributed by atoms with van der Waals surface area (Å²) >= 11 is 0. The summed E-state index contributed by atoms with van der Waals surface area (Å²) in [4.78, 5) is 2.34. The maximum Gasteiger partial charge on any atom is 0.152 e. The Morgan fingerprint density at radius 1 is 0.328 bits per heavy atom. The molecule has 0 spiro atoms. The summed E-state index contributed by atoms with van der Waals surface area (Å²) in [6.45, 7) is 0. The number of fused-ring (bicyclic) bond motifs is 8. The zero-order valence-corrected chi connectivity index (χ0v) is 31.5. The molecule has 0 atom stereocenters. The van der Waals surface area contributed by atoms with Gasteiger partial charge in [-0.05, 0) is 119 Å². The number of rotatable bonds is 6. The van der Waals surface area contributed by atoms with Gasteiger partial charge in [0.25, 0.3) is 0 Å². The van der Waals surface area contributed by atoms with Crippen LogP contribution in [-0.4, -0.2) is 9.13 Å². The zero-order chi connectivity index (χ0) is 38.2. The van der Waals surface area contributed by atoms with Crippen molar-refractivity contribution in [2.75, 3.05) is 4.90 Å². The number of anilines is 3. The average molecular weight is 742 g/mol. The highest BCUT2D eigenvalue weighted by Gasteiger charge is 2.24. The quantitative estimate of drug-likeness (QED) is 0.169. The normalized spacial score (nSPS) is 11.9. The average Bonchev–Trinajstić information content (AvgIpc) is 3.80. The van der Waals surface area contributed by atoms with Gasteiger partial charge in [-0.15, -0.1) is 0 Å². The number of hydrogen-bond acceptors (Lipinski definition) is 2. The Hall–Kier alpha value is -7.82. The molecule has 0 fully saturated rings. The van der Waals surface area contributed by atoms with E-state index in [0.717, 1.165) is 51.0 Å². The summed E-state index contributed by atoms with van der Waals surface area (Å²) in [6.07, 6.45) is 0. The smallest absolute Gasteiger partial charge is 0.152 e. The van der Waals surface area contributed by atoms with Gasteiger partial charge in [-0.3, -0.25) is 0 Å². The molecular weight excluding hydrogens is 707 g/mol. The van der Waals surface area contributed by atoms with Gasteiger partial charge < -0.3 is 18.8 Å². The SMILES string of the molecule is c1ccc(-c2ccc3c(c2)c2cc(N(c4ccccc4)c4ccccc4)ccc2n3-c2ccc(-c3ccc4c(c3)c3cccc5c3n4-c3ccccc3O5)cc2)cc1. The highest BCUT2D eigenvalue weighted by molar-refractivity contribution is 6.14. The molecule has 0 saturated carbocycles. The molecule has 11 aromatic rings. The van der Waals surface area contributed by atoms with Crippen LogP contribution in [0.5, 0.6) is 11.5 Å². The predicted octanol–water partition coefficient (Wildman–Crippen LogP) is 14.8. The van der Waals surface area contributed by atoms with E-state index in [0.29, 0.717) is 0 Å². The van der Waals surface area contributed by atoms with Crippen LogP contribution in [0.15, 0.2) is 212 Å². The number of para-hydroxylation sites is 5. The topological polar surface area (TPSA) is 22.3 Å². The van der Waals surface area contributed by atoms with Gasteiger partial charge in [0.05, 0.1) is 27.8 Å². The Labute approximate surface area is 335 Å². The highest BCUT2D eigenvalue weighted by Crippen LogP contribution is 2.46. The van der Waals surface area contributed by atoms with Crippen molar-refractivity contribution in [1.82, 2.24) is 9.13 Å². The minimum Gasteiger partial charge on any atom is -0.453 e. The van der Waals surface area contributed by atoms with E-state index < -0.39 is 0 Å². The second-order valence-corrected chi connectivity index (χ2v) is 15.0. The van der Waals surface area contributed by atoms with Crippen LogP contribution in [0, 0.1) is 0 Å². The van der Waals surface area contributed by atoms with Crippen molar-refractivity contribution in [3.8, 4) is 45.1 Å². The minimum atomic E-state index is 0.877. The second-order valence-electron chi connectivity index (χ2n) is 15.0. The maximum atomic E-state index is 6.37. The van der Waals surface area contributed by atoms with Gasteiger partial charge in [0.15, 0.2) is 11.5 Å². The fourth-order valence-corrected chi connectivity index (χ4v) is 9.04. The first-order valence-electron chi connectivity index (χ1n) is 19.8. The monoisotopic (exact) mass is 741 g/mol. The van der Waals surface area contributed by atoms with Crippen LogP contribution in [0.25, 0.3) is 77.2 Å². The molecule has 58 heavy (non-hydrogen) atoms. The summed E-state index contributed by atoms with van der Waals surface area (Å²) in [5.74, 6) is 1.77. The Morgan fingerprint density at radius 2 is 0.845 bits per heavy atom. The third-order valence-corrected chi connectivity index (χ3v) is 11.7. The number of benzene rings is 9. The molecule has 1 aliphatic rings. The molecule has 0 unspecified atom stereocenters. The first-order valence-corrected chi connectivity index (χ1v) is 19.8. The lowest BCUT2D eigenvalue weighted by atomic mass is 10.0.